The lowest BCUT2D eigenvalue weighted by molar-refractivity contribution is -0.145. The molecule has 1 saturated heterocycles. The summed E-state index contributed by atoms with van der Waals surface area (Å²) in [6.45, 7) is 1.45. The number of carbonyl (C=O) groups excluding carboxylic acids is 1. The first-order valence-corrected chi connectivity index (χ1v) is 12.0. The molecule has 5 atom stereocenters. The van der Waals surface area contributed by atoms with E-state index in [1.165, 1.54) is 26.2 Å². The molecule has 1 N–H and O–H groups in total. The summed E-state index contributed by atoms with van der Waals surface area (Å²) >= 11 is 6.24. The van der Waals surface area contributed by atoms with Crippen molar-refractivity contribution in [3.63, 3.8) is 0 Å². The van der Waals surface area contributed by atoms with Crippen molar-refractivity contribution in [1.82, 2.24) is 5.32 Å². The van der Waals surface area contributed by atoms with E-state index in [-0.39, 0.29) is 10.9 Å². The van der Waals surface area contributed by atoms with E-state index in [2.05, 4.69) is 5.32 Å². The van der Waals surface area contributed by atoms with Crippen LogP contribution in [0.5, 0.6) is 0 Å². The molecule has 5 nitrogen and oxygen atoms in total. The lowest BCUT2D eigenvalue weighted by Crippen LogP contribution is -2.54. The Morgan fingerprint density at radius 2 is 1.93 bits per heavy atom. The number of esters is 1. The van der Waals surface area contributed by atoms with Crippen LogP contribution in [-0.4, -0.2) is 32.3 Å². The molecule has 1 saturated carbocycles. The SMILES string of the molecule is COC(=O)C(C)(C1CCC2C(C1)NC1=CC=C(Cl)CC12)S(=O)(=O)c1ccc(F)cc1. The van der Waals surface area contributed by atoms with Crippen LogP contribution in [0.15, 0.2) is 52.0 Å². The zero-order valence-electron chi connectivity index (χ0n) is 16.9. The molecule has 30 heavy (non-hydrogen) atoms. The van der Waals surface area contributed by atoms with Gasteiger partial charge in [0.15, 0.2) is 14.6 Å². The second-order valence-electron chi connectivity index (χ2n) is 8.53. The van der Waals surface area contributed by atoms with E-state index in [9.17, 15) is 17.6 Å². The Kier molecular flexibility index (Phi) is 5.47. The lowest BCUT2D eigenvalue weighted by Gasteiger charge is -2.41. The van der Waals surface area contributed by atoms with Crippen molar-refractivity contribution in [2.75, 3.05) is 7.11 Å². The quantitative estimate of drug-likeness (QED) is 0.552. The average Bonchev–Trinajstić information content (AvgIpc) is 3.09. The molecule has 0 amide bonds. The zero-order chi connectivity index (χ0) is 21.7. The Balaban J connectivity index is 1.66. The summed E-state index contributed by atoms with van der Waals surface area (Å²) < 4.78 is 43.7. The standard InChI is InChI=1S/C22H25ClFNO4S/c1-22(21(26)29-2,30(27,28)16-7-5-15(24)6-8-16)13-3-9-17-18-12-14(23)4-10-19(18)25-20(17)11-13/h4-8,10,13,17-18,20,25H,3,9,11-12H2,1-2H3. The van der Waals surface area contributed by atoms with Crippen LogP contribution in [0.25, 0.3) is 0 Å². The molecule has 1 aromatic rings. The molecule has 8 heteroatoms. The van der Waals surface area contributed by atoms with Gasteiger partial charge in [0, 0.05) is 22.7 Å². The second-order valence-corrected chi connectivity index (χ2v) is 11.3. The Labute approximate surface area is 181 Å². The maximum Gasteiger partial charge on any atom is 0.327 e. The van der Waals surface area contributed by atoms with E-state index in [0.29, 0.717) is 24.7 Å². The van der Waals surface area contributed by atoms with E-state index in [1.54, 1.807) is 0 Å². The van der Waals surface area contributed by atoms with Crippen LogP contribution in [0.2, 0.25) is 0 Å². The summed E-state index contributed by atoms with van der Waals surface area (Å²) in [5.74, 6) is -1.09. The fraction of sp³-hybridized carbons (Fsp3) is 0.500. The van der Waals surface area contributed by atoms with Crippen molar-refractivity contribution in [3.8, 4) is 0 Å². The third kappa shape index (κ3) is 3.26. The molecule has 0 aromatic heterocycles. The first-order chi connectivity index (χ1) is 14.2. The number of allylic oxidation sites excluding steroid dienone is 4. The van der Waals surface area contributed by atoms with Gasteiger partial charge in [-0.3, -0.25) is 4.79 Å². The van der Waals surface area contributed by atoms with Crippen molar-refractivity contribution >= 4 is 27.4 Å². The fourth-order valence-electron chi connectivity index (χ4n) is 5.34. The lowest BCUT2D eigenvalue weighted by atomic mass is 9.70. The summed E-state index contributed by atoms with van der Waals surface area (Å²) in [6.07, 6.45) is 6.59. The topological polar surface area (TPSA) is 72.5 Å². The second kappa shape index (κ2) is 7.68. The molecular formula is C22H25ClFNO4S. The number of hydrogen-bond acceptors (Lipinski definition) is 5. The number of sulfone groups is 1. The van der Waals surface area contributed by atoms with Crippen LogP contribution in [0, 0.1) is 23.6 Å². The highest BCUT2D eigenvalue weighted by molar-refractivity contribution is 7.93. The Morgan fingerprint density at radius 3 is 2.60 bits per heavy atom. The molecule has 5 unspecified atom stereocenters. The van der Waals surface area contributed by atoms with Gasteiger partial charge in [-0.25, -0.2) is 12.8 Å². The van der Waals surface area contributed by atoms with Crippen molar-refractivity contribution in [3.05, 3.63) is 53.0 Å². The van der Waals surface area contributed by atoms with E-state index in [1.807, 2.05) is 12.2 Å². The minimum absolute atomic E-state index is 0.0726. The van der Waals surface area contributed by atoms with E-state index in [4.69, 9.17) is 16.3 Å². The molecule has 162 valence electrons. The Bertz CT molecular complexity index is 1020. The summed E-state index contributed by atoms with van der Waals surface area (Å²) in [5, 5.41) is 4.36. The van der Waals surface area contributed by atoms with Gasteiger partial charge in [-0.1, -0.05) is 11.6 Å². The fourth-order valence-corrected chi connectivity index (χ4v) is 7.51. The van der Waals surface area contributed by atoms with Crippen molar-refractivity contribution in [2.24, 2.45) is 17.8 Å². The van der Waals surface area contributed by atoms with Crippen LogP contribution >= 0.6 is 11.6 Å². The monoisotopic (exact) mass is 453 g/mol. The molecular weight excluding hydrogens is 429 g/mol. The number of halogens is 2. The van der Waals surface area contributed by atoms with Gasteiger partial charge in [0.2, 0.25) is 0 Å². The number of hydrogen-bond donors (Lipinski definition) is 1. The highest BCUT2D eigenvalue weighted by Gasteiger charge is 2.57. The highest BCUT2D eigenvalue weighted by Crippen LogP contribution is 2.50. The number of rotatable bonds is 4. The number of nitrogens with one attached hydrogen (secondary N) is 1. The third-order valence-electron chi connectivity index (χ3n) is 7.08. The number of methoxy groups -OCH3 is 1. The summed E-state index contributed by atoms with van der Waals surface area (Å²) in [4.78, 5) is 12.8. The van der Waals surface area contributed by atoms with Crippen molar-refractivity contribution in [1.29, 1.82) is 0 Å². The van der Waals surface area contributed by atoms with E-state index >= 15 is 0 Å². The van der Waals surface area contributed by atoms with Gasteiger partial charge in [-0.15, -0.1) is 0 Å². The van der Waals surface area contributed by atoms with E-state index < -0.39 is 32.3 Å². The minimum atomic E-state index is -4.11. The smallest absolute Gasteiger partial charge is 0.327 e. The number of carbonyl (C=O) groups is 1. The largest absolute Gasteiger partial charge is 0.468 e. The van der Waals surface area contributed by atoms with Crippen LogP contribution in [0.1, 0.15) is 32.6 Å². The summed E-state index contributed by atoms with van der Waals surface area (Å²) in [7, 11) is -2.91. The molecule has 1 aromatic carbocycles. The number of benzene rings is 1. The van der Waals surface area contributed by atoms with Crippen LogP contribution in [0.3, 0.4) is 0 Å². The van der Waals surface area contributed by atoms with Crippen LogP contribution < -0.4 is 5.32 Å². The number of fused-ring (bicyclic) bond motifs is 3. The van der Waals surface area contributed by atoms with Crippen LogP contribution in [0.4, 0.5) is 4.39 Å². The molecule has 0 spiro atoms. The van der Waals surface area contributed by atoms with Gasteiger partial charge in [-0.2, -0.15) is 0 Å². The molecule has 1 aliphatic heterocycles. The predicted octanol–water partition coefficient (Wildman–Crippen LogP) is 3.95. The summed E-state index contributed by atoms with van der Waals surface area (Å²) in [6, 6.07) is 4.67. The van der Waals surface area contributed by atoms with Gasteiger partial charge in [0.05, 0.1) is 12.0 Å². The average molecular weight is 454 g/mol. The van der Waals surface area contributed by atoms with Gasteiger partial charge < -0.3 is 10.1 Å². The van der Waals surface area contributed by atoms with Crippen molar-refractivity contribution < 1.29 is 22.3 Å². The van der Waals surface area contributed by atoms with E-state index in [0.717, 1.165) is 35.7 Å². The first-order valence-electron chi connectivity index (χ1n) is 10.1. The number of ether oxygens (including phenoxy) is 1. The highest BCUT2D eigenvalue weighted by atomic mass is 35.5. The zero-order valence-corrected chi connectivity index (χ0v) is 18.5. The van der Waals surface area contributed by atoms with Gasteiger partial charge in [0.25, 0.3) is 0 Å². The Hall–Kier alpha value is -1.86. The normalized spacial score (nSPS) is 30.1. The predicted molar refractivity (Wildman–Crippen MR) is 112 cm³/mol. The molecule has 3 aliphatic rings. The molecule has 0 radical (unpaired) electrons. The minimum Gasteiger partial charge on any atom is -0.468 e. The van der Waals surface area contributed by atoms with Crippen LogP contribution in [-0.2, 0) is 19.4 Å². The third-order valence-corrected chi connectivity index (χ3v) is 9.87. The van der Waals surface area contributed by atoms with Crippen molar-refractivity contribution in [2.45, 2.75) is 48.3 Å². The molecule has 0 bridgehead atoms. The Morgan fingerprint density at radius 1 is 1.23 bits per heavy atom. The maximum atomic E-state index is 13.6. The molecule has 1 heterocycles. The molecule has 2 aliphatic carbocycles. The van der Waals surface area contributed by atoms with Gasteiger partial charge >= 0.3 is 5.97 Å². The van der Waals surface area contributed by atoms with Gasteiger partial charge in [0.1, 0.15) is 5.82 Å². The maximum absolute atomic E-state index is 13.6. The molecule has 2 fully saturated rings. The van der Waals surface area contributed by atoms with Gasteiger partial charge in [-0.05, 0) is 80.9 Å². The first kappa shape index (κ1) is 21.4. The summed E-state index contributed by atoms with van der Waals surface area (Å²) in [5.41, 5.74) is 1.14. The molecule has 4 rings (SSSR count).